The van der Waals surface area contributed by atoms with Crippen molar-refractivity contribution in [2.24, 2.45) is 0 Å². The first-order valence-corrected chi connectivity index (χ1v) is 11.3. The Balaban J connectivity index is 1.66. The number of methoxy groups -OCH3 is 1. The molecule has 1 aliphatic heterocycles. The molecule has 3 aromatic carbocycles. The Morgan fingerprint density at radius 1 is 1.00 bits per heavy atom. The predicted octanol–water partition coefficient (Wildman–Crippen LogP) is 5.03. The van der Waals surface area contributed by atoms with Gasteiger partial charge in [0.05, 0.1) is 18.4 Å². The first-order chi connectivity index (χ1) is 17.3. The lowest BCUT2D eigenvalue weighted by molar-refractivity contribution is -0.122. The van der Waals surface area contributed by atoms with Crippen LogP contribution in [0.2, 0.25) is 10.0 Å². The van der Waals surface area contributed by atoms with E-state index in [4.69, 9.17) is 27.9 Å². The predicted molar refractivity (Wildman–Crippen MR) is 134 cm³/mol. The van der Waals surface area contributed by atoms with Gasteiger partial charge in [0, 0.05) is 21.2 Å². The van der Waals surface area contributed by atoms with E-state index in [1.807, 2.05) is 12.1 Å². The van der Waals surface area contributed by atoms with Gasteiger partial charge >= 0.3 is 12.0 Å². The van der Waals surface area contributed by atoms with Gasteiger partial charge in [0.2, 0.25) is 0 Å². The van der Waals surface area contributed by atoms with Crippen molar-refractivity contribution in [2.45, 2.75) is 6.61 Å². The number of barbiturate groups is 1. The van der Waals surface area contributed by atoms with Crippen LogP contribution in [0.15, 0.2) is 72.3 Å². The van der Waals surface area contributed by atoms with Gasteiger partial charge in [-0.05, 0) is 54.6 Å². The molecule has 1 N–H and O–H groups in total. The Labute approximate surface area is 216 Å². The average molecular weight is 525 g/mol. The number of carbonyl (C=O) groups is 4. The van der Waals surface area contributed by atoms with Crippen LogP contribution in [0.25, 0.3) is 6.08 Å². The molecule has 0 aromatic heterocycles. The molecule has 4 amide bonds. The van der Waals surface area contributed by atoms with E-state index in [1.54, 1.807) is 24.3 Å². The molecule has 0 radical (unpaired) electrons. The van der Waals surface area contributed by atoms with Crippen LogP contribution in [-0.4, -0.2) is 30.9 Å². The minimum atomic E-state index is -0.922. The number of nitrogens with one attached hydrogen (secondary N) is 1. The van der Waals surface area contributed by atoms with Crippen LogP contribution in [0.1, 0.15) is 21.5 Å². The van der Waals surface area contributed by atoms with Gasteiger partial charge in [0.15, 0.2) is 0 Å². The highest BCUT2D eigenvalue weighted by Gasteiger charge is 2.37. The number of anilines is 1. The number of ether oxygens (including phenoxy) is 2. The summed E-state index contributed by atoms with van der Waals surface area (Å²) in [5.41, 5.74) is 1.17. The fraction of sp³-hybridized carbons (Fsp3) is 0.0769. The molecule has 3 aromatic rings. The topological polar surface area (TPSA) is 102 Å². The second-order valence-electron chi connectivity index (χ2n) is 7.56. The van der Waals surface area contributed by atoms with Crippen LogP contribution in [0.4, 0.5) is 10.5 Å². The highest BCUT2D eigenvalue weighted by atomic mass is 35.5. The van der Waals surface area contributed by atoms with Crippen molar-refractivity contribution in [3.8, 4) is 5.75 Å². The molecule has 36 heavy (non-hydrogen) atoms. The largest absolute Gasteiger partial charge is 0.488 e. The Kier molecular flexibility index (Phi) is 7.38. The van der Waals surface area contributed by atoms with Gasteiger partial charge in [-0.2, -0.15) is 0 Å². The Hall–Kier alpha value is -4.14. The Morgan fingerprint density at radius 3 is 2.42 bits per heavy atom. The first kappa shape index (κ1) is 25.0. The fourth-order valence-corrected chi connectivity index (χ4v) is 3.82. The fourth-order valence-electron chi connectivity index (χ4n) is 3.45. The molecule has 1 aliphatic rings. The normalized spacial score (nSPS) is 14.6. The zero-order valence-electron chi connectivity index (χ0n) is 18.8. The zero-order chi connectivity index (χ0) is 25.8. The van der Waals surface area contributed by atoms with E-state index in [-0.39, 0.29) is 23.4 Å². The van der Waals surface area contributed by atoms with Crippen molar-refractivity contribution in [2.75, 3.05) is 12.0 Å². The summed E-state index contributed by atoms with van der Waals surface area (Å²) >= 11 is 12.4. The number of carbonyl (C=O) groups excluding carboxylic acids is 4. The van der Waals surface area contributed by atoms with Crippen molar-refractivity contribution < 1.29 is 28.7 Å². The number of hydrogen-bond acceptors (Lipinski definition) is 6. The number of nitrogens with zero attached hydrogens (tertiary/aromatic N) is 1. The van der Waals surface area contributed by atoms with Crippen LogP contribution in [0.3, 0.4) is 0 Å². The van der Waals surface area contributed by atoms with Crippen molar-refractivity contribution >= 4 is 58.8 Å². The lowest BCUT2D eigenvalue weighted by Gasteiger charge is -2.26. The molecular formula is C26H18Cl2N2O6. The number of amides is 4. The van der Waals surface area contributed by atoms with Gasteiger partial charge in [-0.1, -0.05) is 41.4 Å². The van der Waals surface area contributed by atoms with Crippen molar-refractivity contribution in [1.82, 2.24) is 5.32 Å². The van der Waals surface area contributed by atoms with Crippen molar-refractivity contribution in [3.63, 3.8) is 0 Å². The third kappa shape index (κ3) is 5.25. The van der Waals surface area contributed by atoms with Gasteiger partial charge < -0.3 is 9.47 Å². The monoisotopic (exact) mass is 524 g/mol. The first-order valence-electron chi connectivity index (χ1n) is 10.5. The van der Waals surface area contributed by atoms with E-state index in [0.717, 1.165) is 10.5 Å². The van der Waals surface area contributed by atoms with Gasteiger partial charge in [-0.3, -0.25) is 14.9 Å². The van der Waals surface area contributed by atoms with Crippen molar-refractivity contribution in [3.05, 3.63) is 99.0 Å². The molecule has 8 nitrogen and oxygen atoms in total. The molecule has 1 heterocycles. The molecular weight excluding hydrogens is 507 g/mol. The highest BCUT2D eigenvalue weighted by Crippen LogP contribution is 2.29. The zero-order valence-corrected chi connectivity index (χ0v) is 20.3. The second-order valence-corrected chi connectivity index (χ2v) is 8.40. The SMILES string of the molecule is COC(=O)c1ccc(N2C(=O)NC(=O)/C(=C\c3cc(Cl)ccc3OCc3ccccc3Cl)C2=O)cc1. The second kappa shape index (κ2) is 10.6. The van der Waals surface area contributed by atoms with Gasteiger partial charge in [-0.25, -0.2) is 14.5 Å². The van der Waals surface area contributed by atoms with Crippen LogP contribution < -0.4 is 15.0 Å². The number of halogens is 2. The molecule has 0 aliphatic carbocycles. The smallest absolute Gasteiger partial charge is 0.337 e. The number of esters is 1. The summed E-state index contributed by atoms with van der Waals surface area (Å²) < 4.78 is 10.5. The highest BCUT2D eigenvalue weighted by molar-refractivity contribution is 6.39. The molecule has 10 heteroatoms. The minimum Gasteiger partial charge on any atom is -0.488 e. The molecule has 0 saturated carbocycles. The average Bonchev–Trinajstić information content (AvgIpc) is 2.86. The Bertz CT molecular complexity index is 1400. The summed E-state index contributed by atoms with van der Waals surface area (Å²) in [6, 6.07) is 16.6. The van der Waals surface area contributed by atoms with Crippen LogP contribution in [0.5, 0.6) is 5.75 Å². The summed E-state index contributed by atoms with van der Waals surface area (Å²) in [7, 11) is 1.24. The number of hydrogen-bond donors (Lipinski definition) is 1. The van der Waals surface area contributed by atoms with Crippen LogP contribution in [-0.2, 0) is 20.9 Å². The maximum atomic E-state index is 13.2. The molecule has 0 atom stereocenters. The van der Waals surface area contributed by atoms with E-state index in [9.17, 15) is 19.2 Å². The standard InChI is InChI=1S/C26H18Cl2N2O6/c1-35-25(33)15-6-9-19(10-7-15)30-24(32)20(23(31)29-26(30)34)13-17-12-18(27)8-11-22(17)36-14-16-4-2-3-5-21(16)28/h2-13H,14H2,1H3,(H,29,31,34)/b20-13+. The van der Waals surface area contributed by atoms with E-state index < -0.39 is 23.8 Å². The number of rotatable bonds is 6. The van der Waals surface area contributed by atoms with Gasteiger partial charge in [0.25, 0.3) is 11.8 Å². The molecule has 1 saturated heterocycles. The lowest BCUT2D eigenvalue weighted by Crippen LogP contribution is -2.54. The summed E-state index contributed by atoms with van der Waals surface area (Å²) in [6.45, 7) is 0.134. The van der Waals surface area contributed by atoms with E-state index in [0.29, 0.717) is 21.4 Å². The molecule has 0 spiro atoms. The maximum Gasteiger partial charge on any atom is 0.337 e. The minimum absolute atomic E-state index is 0.134. The number of imide groups is 2. The van der Waals surface area contributed by atoms with Gasteiger partial charge in [0.1, 0.15) is 17.9 Å². The summed E-state index contributed by atoms with van der Waals surface area (Å²) in [6.07, 6.45) is 1.30. The molecule has 1 fully saturated rings. The molecule has 0 bridgehead atoms. The quantitative estimate of drug-likeness (QED) is 0.275. The summed E-state index contributed by atoms with van der Waals surface area (Å²) in [4.78, 5) is 50.8. The summed E-state index contributed by atoms with van der Waals surface area (Å²) in [5.74, 6) is -1.95. The van der Waals surface area contributed by atoms with Gasteiger partial charge in [-0.15, -0.1) is 0 Å². The van der Waals surface area contributed by atoms with Crippen LogP contribution >= 0.6 is 23.2 Å². The Morgan fingerprint density at radius 2 is 1.72 bits per heavy atom. The third-order valence-electron chi connectivity index (χ3n) is 5.26. The van der Waals surface area contributed by atoms with E-state index in [2.05, 4.69) is 10.1 Å². The van der Waals surface area contributed by atoms with E-state index in [1.165, 1.54) is 43.5 Å². The van der Waals surface area contributed by atoms with Crippen molar-refractivity contribution in [1.29, 1.82) is 0 Å². The maximum absolute atomic E-state index is 13.2. The molecule has 182 valence electrons. The number of benzene rings is 3. The third-order valence-corrected chi connectivity index (χ3v) is 5.86. The molecule has 0 unspecified atom stereocenters. The van der Waals surface area contributed by atoms with E-state index >= 15 is 0 Å². The summed E-state index contributed by atoms with van der Waals surface area (Å²) in [5, 5.41) is 3.03. The van der Waals surface area contributed by atoms with Crippen LogP contribution in [0, 0.1) is 0 Å². The lowest BCUT2D eigenvalue weighted by atomic mass is 10.1. The molecule has 4 rings (SSSR count). The number of urea groups is 1.